The average molecular weight is 310 g/mol. The molecule has 0 spiro atoms. The molecule has 102 valence electrons. The summed E-state index contributed by atoms with van der Waals surface area (Å²) < 4.78 is 51.8. The highest BCUT2D eigenvalue weighted by Gasteiger charge is 2.33. The third-order valence-electron chi connectivity index (χ3n) is 2.57. The maximum Gasteiger partial charge on any atom is 0.416 e. The molecular weight excluding hydrogens is 302 g/mol. The molecule has 0 unspecified atom stereocenters. The lowest BCUT2D eigenvalue weighted by Gasteiger charge is -2.15. The highest BCUT2D eigenvalue weighted by Crippen LogP contribution is 2.36. The van der Waals surface area contributed by atoms with E-state index < -0.39 is 28.6 Å². The predicted molar refractivity (Wildman–Crippen MR) is 66.8 cm³/mol. The Labute approximate surface area is 115 Å². The first-order valence-corrected chi connectivity index (χ1v) is 6.41. The molecule has 2 N–H and O–H groups in total. The van der Waals surface area contributed by atoms with Gasteiger partial charge in [0.05, 0.1) is 16.6 Å². The third-order valence-corrected chi connectivity index (χ3v) is 3.80. The molecule has 0 fully saturated rings. The summed E-state index contributed by atoms with van der Waals surface area (Å²) in [5, 5.41) is 1.12. The van der Waals surface area contributed by atoms with Gasteiger partial charge in [-0.05, 0) is 23.6 Å². The van der Waals surface area contributed by atoms with E-state index in [9.17, 15) is 17.6 Å². The second-order valence-corrected chi connectivity index (χ2v) is 5.24. The molecule has 2 aromatic rings. The Bertz CT molecular complexity index is 580. The summed E-state index contributed by atoms with van der Waals surface area (Å²) in [6.45, 7) is 0. The average Bonchev–Trinajstić information content (AvgIpc) is 2.83. The molecular formula is C12H8ClF4NS. The lowest BCUT2D eigenvalue weighted by molar-refractivity contribution is -0.137. The van der Waals surface area contributed by atoms with E-state index >= 15 is 0 Å². The Morgan fingerprint density at radius 1 is 1.26 bits per heavy atom. The van der Waals surface area contributed by atoms with Gasteiger partial charge < -0.3 is 5.73 Å². The summed E-state index contributed by atoms with van der Waals surface area (Å²) in [6.07, 6.45) is -4.60. The number of nitrogens with two attached hydrogens (primary N) is 1. The van der Waals surface area contributed by atoms with Gasteiger partial charge in [-0.3, -0.25) is 0 Å². The van der Waals surface area contributed by atoms with Gasteiger partial charge in [0.1, 0.15) is 5.82 Å². The normalized spacial score (nSPS) is 13.6. The minimum absolute atomic E-state index is 0.262. The van der Waals surface area contributed by atoms with Crippen molar-refractivity contribution in [1.82, 2.24) is 0 Å². The van der Waals surface area contributed by atoms with Crippen molar-refractivity contribution < 1.29 is 17.6 Å². The maximum absolute atomic E-state index is 13.8. The fraction of sp³-hybridized carbons (Fsp3) is 0.167. The summed E-state index contributed by atoms with van der Waals surface area (Å²) >= 11 is 6.74. The van der Waals surface area contributed by atoms with Crippen molar-refractivity contribution in [3.05, 3.63) is 56.5 Å². The van der Waals surface area contributed by atoms with Crippen molar-refractivity contribution in [1.29, 1.82) is 0 Å². The van der Waals surface area contributed by atoms with Gasteiger partial charge in [0.25, 0.3) is 0 Å². The second-order valence-electron chi connectivity index (χ2n) is 3.85. The number of alkyl halides is 3. The molecule has 1 aromatic carbocycles. The fourth-order valence-corrected chi connectivity index (χ4v) is 2.59. The summed E-state index contributed by atoms with van der Waals surface area (Å²) in [5.74, 6) is -0.921. The molecule has 1 atom stereocenters. The van der Waals surface area contributed by atoms with E-state index in [1.165, 1.54) is 11.3 Å². The number of hydrogen-bond acceptors (Lipinski definition) is 2. The molecule has 0 aliphatic rings. The molecule has 19 heavy (non-hydrogen) atoms. The lowest BCUT2D eigenvalue weighted by atomic mass is 10.0. The quantitative estimate of drug-likeness (QED) is 0.806. The molecule has 1 aromatic heterocycles. The Morgan fingerprint density at radius 3 is 2.47 bits per heavy atom. The largest absolute Gasteiger partial charge is 0.416 e. The highest BCUT2D eigenvalue weighted by atomic mass is 35.5. The summed E-state index contributed by atoms with van der Waals surface area (Å²) in [4.78, 5) is 0.564. The van der Waals surface area contributed by atoms with Gasteiger partial charge in [-0.25, -0.2) is 4.39 Å². The first-order chi connectivity index (χ1) is 8.80. The lowest BCUT2D eigenvalue weighted by Crippen LogP contribution is -2.15. The van der Waals surface area contributed by atoms with Crippen LogP contribution in [0.5, 0.6) is 0 Å². The molecule has 2 rings (SSSR count). The Morgan fingerprint density at radius 2 is 1.95 bits per heavy atom. The van der Waals surface area contributed by atoms with E-state index in [2.05, 4.69) is 0 Å². The smallest absolute Gasteiger partial charge is 0.320 e. The fourth-order valence-electron chi connectivity index (χ4n) is 1.62. The molecule has 0 aliphatic heterocycles. The van der Waals surface area contributed by atoms with E-state index in [4.69, 9.17) is 17.3 Å². The molecule has 0 saturated heterocycles. The molecule has 1 nitrogen and oxygen atoms in total. The van der Waals surface area contributed by atoms with Crippen LogP contribution < -0.4 is 5.73 Å². The van der Waals surface area contributed by atoms with Crippen molar-refractivity contribution in [3.63, 3.8) is 0 Å². The van der Waals surface area contributed by atoms with Crippen molar-refractivity contribution in [2.45, 2.75) is 12.2 Å². The van der Waals surface area contributed by atoms with Gasteiger partial charge in [0.2, 0.25) is 0 Å². The maximum atomic E-state index is 13.8. The van der Waals surface area contributed by atoms with Crippen LogP contribution in [0.3, 0.4) is 0 Å². The first-order valence-electron chi connectivity index (χ1n) is 5.16. The van der Waals surface area contributed by atoms with E-state index in [1.54, 1.807) is 17.5 Å². The highest BCUT2D eigenvalue weighted by molar-refractivity contribution is 7.10. The van der Waals surface area contributed by atoms with Crippen LogP contribution in [0.15, 0.2) is 29.6 Å². The zero-order chi connectivity index (χ0) is 14.2. The molecule has 0 bridgehead atoms. The molecule has 7 heteroatoms. The van der Waals surface area contributed by atoms with Crippen LogP contribution in [0, 0.1) is 5.82 Å². The van der Waals surface area contributed by atoms with E-state index in [-0.39, 0.29) is 5.56 Å². The molecule has 0 amide bonds. The number of hydrogen-bond donors (Lipinski definition) is 1. The Kier molecular flexibility index (Phi) is 3.85. The van der Waals surface area contributed by atoms with E-state index in [1.807, 2.05) is 0 Å². The van der Waals surface area contributed by atoms with Crippen molar-refractivity contribution in [2.75, 3.05) is 0 Å². The van der Waals surface area contributed by atoms with Crippen LogP contribution in [-0.2, 0) is 6.18 Å². The topological polar surface area (TPSA) is 26.0 Å². The predicted octanol–water partition coefficient (Wildman–Crippen LogP) is 4.61. The van der Waals surface area contributed by atoms with Gasteiger partial charge in [-0.15, -0.1) is 11.3 Å². The summed E-state index contributed by atoms with van der Waals surface area (Å²) in [7, 11) is 0. The van der Waals surface area contributed by atoms with Gasteiger partial charge in [0.15, 0.2) is 0 Å². The number of thiophene rings is 1. The van der Waals surface area contributed by atoms with Gasteiger partial charge in [-0.1, -0.05) is 17.7 Å². The van der Waals surface area contributed by atoms with Crippen molar-refractivity contribution in [2.24, 2.45) is 5.73 Å². The van der Waals surface area contributed by atoms with Crippen LogP contribution in [0.2, 0.25) is 5.02 Å². The zero-order valence-corrected chi connectivity index (χ0v) is 10.9. The number of rotatable bonds is 2. The van der Waals surface area contributed by atoms with Gasteiger partial charge in [-0.2, -0.15) is 13.2 Å². The number of benzene rings is 1. The van der Waals surface area contributed by atoms with Crippen LogP contribution >= 0.6 is 22.9 Å². The standard InChI is InChI=1S/C12H8ClF4NS/c13-8-5-6(12(15,16)17)4-7(10(8)14)11(18)9-2-1-3-19-9/h1-5,11H,18H2/t11-/m1/s1. The Hall–Kier alpha value is -1.11. The summed E-state index contributed by atoms with van der Waals surface area (Å²) in [6, 6.07) is 3.60. The first kappa shape index (κ1) is 14.3. The summed E-state index contributed by atoms with van der Waals surface area (Å²) in [5.41, 5.74) is 4.51. The minimum atomic E-state index is -4.60. The number of halogens is 5. The molecule has 1 heterocycles. The third kappa shape index (κ3) is 2.91. The van der Waals surface area contributed by atoms with E-state index in [0.717, 1.165) is 0 Å². The molecule has 0 radical (unpaired) electrons. The molecule has 0 saturated carbocycles. The van der Waals surface area contributed by atoms with Crippen molar-refractivity contribution in [3.8, 4) is 0 Å². The van der Waals surface area contributed by atoms with Crippen LogP contribution in [-0.4, -0.2) is 0 Å². The van der Waals surface area contributed by atoms with Gasteiger partial charge >= 0.3 is 6.18 Å². The Balaban J connectivity index is 2.53. The van der Waals surface area contributed by atoms with Crippen LogP contribution in [0.4, 0.5) is 17.6 Å². The SMILES string of the molecule is N[C@@H](c1cccs1)c1cc(C(F)(F)F)cc(Cl)c1F. The second kappa shape index (κ2) is 5.11. The monoisotopic (exact) mass is 309 g/mol. The molecule has 0 aliphatic carbocycles. The zero-order valence-electron chi connectivity index (χ0n) is 9.34. The van der Waals surface area contributed by atoms with Gasteiger partial charge in [0, 0.05) is 10.4 Å². The van der Waals surface area contributed by atoms with Crippen LogP contribution in [0.1, 0.15) is 22.0 Å². The van der Waals surface area contributed by atoms with Crippen molar-refractivity contribution >= 4 is 22.9 Å². The minimum Gasteiger partial charge on any atom is -0.320 e. The van der Waals surface area contributed by atoms with E-state index in [0.29, 0.717) is 17.0 Å². The van der Waals surface area contributed by atoms with Crippen LogP contribution in [0.25, 0.3) is 0 Å².